The van der Waals surface area contributed by atoms with Crippen molar-refractivity contribution < 1.29 is 4.79 Å². The van der Waals surface area contributed by atoms with Gasteiger partial charge in [0.1, 0.15) is 5.69 Å². The van der Waals surface area contributed by atoms with E-state index in [0.29, 0.717) is 18.2 Å². The van der Waals surface area contributed by atoms with Gasteiger partial charge in [0.05, 0.1) is 5.01 Å². The van der Waals surface area contributed by atoms with Gasteiger partial charge >= 0.3 is 0 Å². The zero-order valence-corrected chi connectivity index (χ0v) is 13.6. The van der Waals surface area contributed by atoms with Crippen molar-refractivity contribution in [2.45, 2.75) is 39.0 Å². The van der Waals surface area contributed by atoms with Crippen molar-refractivity contribution in [1.82, 2.24) is 10.3 Å². The van der Waals surface area contributed by atoms with E-state index in [2.05, 4.69) is 17.2 Å². The largest absolute Gasteiger partial charge is 0.350 e. The van der Waals surface area contributed by atoms with E-state index in [4.69, 9.17) is 5.73 Å². The van der Waals surface area contributed by atoms with Gasteiger partial charge in [0.2, 0.25) is 0 Å². The molecule has 2 atom stereocenters. The molecule has 20 heavy (non-hydrogen) atoms. The average molecular weight is 318 g/mol. The molecule has 4 nitrogen and oxygen atoms in total. The molecule has 1 aliphatic rings. The molecule has 2 unspecified atom stereocenters. The van der Waals surface area contributed by atoms with Gasteiger partial charge in [-0.3, -0.25) is 4.79 Å². The lowest BCUT2D eigenvalue weighted by Gasteiger charge is -2.28. The third-order valence-corrected chi connectivity index (χ3v) is 4.87. The molecule has 1 saturated carbocycles. The molecule has 1 aromatic rings. The van der Waals surface area contributed by atoms with Gasteiger partial charge in [0.15, 0.2) is 0 Å². The molecular weight excluding hydrogens is 294 g/mol. The molecule has 1 aromatic heterocycles. The Balaban J connectivity index is 0.00000200. The third kappa shape index (κ3) is 4.72. The maximum absolute atomic E-state index is 12.0. The molecule has 0 spiro atoms. The first kappa shape index (κ1) is 17.4. The van der Waals surface area contributed by atoms with Gasteiger partial charge in [-0.2, -0.15) is 0 Å². The number of amides is 1. The first-order valence-corrected chi connectivity index (χ1v) is 8.01. The smallest absolute Gasteiger partial charge is 0.270 e. The number of nitrogens with one attached hydrogen (secondary N) is 1. The number of hydrogen-bond donors (Lipinski definition) is 2. The quantitative estimate of drug-likeness (QED) is 0.877. The molecule has 3 N–H and O–H groups in total. The number of carbonyl (C=O) groups is 1. The van der Waals surface area contributed by atoms with Gasteiger partial charge in [-0.15, -0.1) is 23.7 Å². The van der Waals surface area contributed by atoms with Gasteiger partial charge in [-0.1, -0.05) is 26.2 Å². The van der Waals surface area contributed by atoms with Gasteiger partial charge in [-0.05, 0) is 24.8 Å². The highest BCUT2D eigenvalue weighted by Crippen LogP contribution is 2.28. The highest BCUT2D eigenvalue weighted by Gasteiger charge is 2.22. The minimum Gasteiger partial charge on any atom is -0.350 e. The van der Waals surface area contributed by atoms with Crippen LogP contribution in [0.3, 0.4) is 0 Å². The maximum atomic E-state index is 12.0. The summed E-state index contributed by atoms with van der Waals surface area (Å²) >= 11 is 1.51. The van der Waals surface area contributed by atoms with Crippen LogP contribution >= 0.6 is 23.7 Å². The molecule has 0 aliphatic heterocycles. The number of nitrogens with zero attached hydrogens (tertiary/aromatic N) is 1. The van der Waals surface area contributed by atoms with Crippen LogP contribution in [-0.4, -0.2) is 24.0 Å². The van der Waals surface area contributed by atoms with Crippen LogP contribution in [0.2, 0.25) is 0 Å². The van der Waals surface area contributed by atoms with Crippen LogP contribution in [0.15, 0.2) is 5.38 Å². The second kappa shape index (κ2) is 8.60. The molecule has 0 aromatic carbocycles. The van der Waals surface area contributed by atoms with Gasteiger partial charge < -0.3 is 11.1 Å². The Morgan fingerprint density at radius 3 is 2.95 bits per heavy atom. The molecule has 1 fully saturated rings. The lowest BCUT2D eigenvalue weighted by Crippen LogP contribution is -2.33. The predicted octanol–water partition coefficient (Wildman–Crippen LogP) is 2.62. The van der Waals surface area contributed by atoms with Crippen molar-refractivity contribution in [3.05, 3.63) is 16.1 Å². The minimum absolute atomic E-state index is 0. The predicted molar refractivity (Wildman–Crippen MR) is 85.6 cm³/mol. The van der Waals surface area contributed by atoms with E-state index in [-0.39, 0.29) is 18.3 Å². The summed E-state index contributed by atoms with van der Waals surface area (Å²) in [6, 6.07) is 0. The third-order valence-electron chi connectivity index (χ3n) is 3.96. The Morgan fingerprint density at radius 2 is 2.25 bits per heavy atom. The summed E-state index contributed by atoms with van der Waals surface area (Å²) in [5.74, 6) is 1.30. The first-order chi connectivity index (χ1) is 9.20. The second-order valence-electron chi connectivity index (χ2n) is 5.40. The molecule has 1 aliphatic carbocycles. The van der Waals surface area contributed by atoms with E-state index < -0.39 is 0 Å². The van der Waals surface area contributed by atoms with E-state index in [0.717, 1.165) is 23.9 Å². The van der Waals surface area contributed by atoms with E-state index in [9.17, 15) is 4.79 Å². The van der Waals surface area contributed by atoms with E-state index >= 15 is 0 Å². The van der Waals surface area contributed by atoms with Crippen molar-refractivity contribution >= 4 is 29.7 Å². The van der Waals surface area contributed by atoms with Crippen molar-refractivity contribution in [3.8, 4) is 0 Å². The number of halogens is 1. The Kier molecular flexibility index (Phi) is 7.48. The second-order valence-corrected chi connectivity index (χ2v) is 6.34. The number of carbonyl (C=O) groups excluding carboxylic acids is 1. The zero-order valence-electron chi connectivity index (χ0n) is 11.9. The molecule has 2 rings (SSSR count). The summed E-state index contributed by atoms with van der Waals surface area (Å²) in [6.07, 6.45) is 5.90. The highest BCUT2D eigenvalue weighted by atomic mass is 35.5. The molecule has 6 heteroatoms. The average Bonchev–Trinajstić information content (AvgIpc) is 2.87. The molecule has 0 radical (unpaired) electrons. The fourth-order valence-electron chi connectivity index (χ4n) is 2.66. The number of aromatic nitrogens is 1. The van der Waals surface area contributed by atoms with Crippen LogP contribution in [0.5, 0.6) is 0 Å². The first-order valence-electron chi connectivity index (χ1n) is 7.13. The standard InChI is InChI=1S/C14H23N3OS.ClH/c1-10-4-2-3-5-11(10)8-16-14(18)12-9-19-13(17-12)6-7-15;/h9-11H,2-8,15H2,1H3,(H,16,18);1H. The maximum Gasteiger partial charge on any atom is 0.270 e. The molecule has 1 amide bonds. The van der Waals surface area contributed by atoms with Crippen molar-refractivity contribution in [3.63, 3.8) is 0 Å². The van der Waals surface area contributed by atoms with Crippen molar-refractivity contribution in [2.24, 2.45) is 17.6 Å². The van der Waals surface area contributed by atoms with E-state index in [1.807, 2.05) is 5.38 Å². The van der Waals surface area contributed by atoms with Crippen LogP contribution < -0.4 is 11.1 Å². The summed E-state index contributed by atoms with van der Waals surface area (Å²) in [4.78, 5) is 16.3. The lowest BCUT2D eigenvalue weighted by molar-refractivity contribution is 0.0932. The highest BCUT2D eigenvalue weighted by molar-refractivity contribution is 7.09. The number of rotatable bonds is 5. The summed E-state index contributed by atoms with van der Waals surface area (Å²) < 4.78 is 0. The fraction of sp³-hybridized carbons (Fsp3) is 0.714. The Hall–Kier alpha value is -0.650. The molecule has 1 heterocycles. The number of thiazole rings is 1. The van der Waals surface area contributed by atoms with Crippen LogP contribution in [0.1, 0.15) is 48.1 Å². The molecular formula is C14H24ClN3OS. The van der Waals surface area contributed by atoms with Crippen LogP contribution in [-0.2, 0) is 6.42 Å². The summed E-state index contributed by atoms with van der Waals surface area (Å²) in [5.41, 5.74) is 6.02. The van der Waals surface area contributed by atoms with Crippen molar-refractivity contribution in [2.75, 3.05) is 13.1 Å². The summed E-state index contributed by atoms with van der Waals surface area (Å²) in [5, 5.41) is 5.80. The van der Waals surface area contributed by atoms with Gasteiger partial charge in [0, 0.05) is 18.3 Å². The zero-order chi connectivity index (χ0) is 13.7. The Labute approximate surface area is 131 Å². The van der Waals surface area contributed by atoms with Crippen LogP contribution in [0.4, 0.5) is 0 Å². The monoisotopic (exact) mass is 317 g/mol. The minimum atomic E-state index is -0.0442. The lowest BCUT2D eigenvalue weighted by atomic mass is 9.80. The summed E-state index contributed by atoms with van der Waals surface area (Å²) in [6.45, 7) is 3.65. The molecule has 114 valence electrons. The fourth-order valence-corrected chi connectivity index (χ4v) is 3.46. The number of hydrogen-bond acceptors (Lipinski definition) is 4. The normalized spacial score (nSPS) is 22.1. The van der Waals surface area contributed by atoms with Gasteiger partial charge in [0.25, 0.3) is 5.91 Å². The Morgan fingerprint density at radius 1 is 1.50 bits per heavy atom. The molecule has 0 bridgehead atoms. The summed E-state index contributed by atoms with van der Waals surface area (Å²) in [7, 11) is 0. The van der Waals surface area contributed by atoms with Crippen molar-refractivity contribution in [1.29, 1.82) is 0 Å². The van der Waals surface area contributed by atoms with E-state index in [1.54, 1.807) is 0 Å². The van der Waals surface area contributed by atoms with Gasteiger partial charge in [-0.25, -0.2) is 4.98 Å². The topological polar surface area (TPSA) is 68.0 Å². The SMILES string of the molecule is CC1CCCCC1CNC(=O)c1csc(CCN)n1.Cl. The Bertz CT molecular complexity index is 424. The molecule has 0 saturated heterocycles. The van der Waals surface area contributed by atoms with Crippen LogP contribution in [0.25, 0.3) is 0 Å². The number of nitrogens with two attached hydrogens (primary N) is 1. The van der Waals surface area contributed by atoms with Crippen LogP contribution in [0, 0.1) is 11.8 Å². The van der Waals surface area contributed by atoms with E-state index in [1.165, 1.54) is 37.0 Å².